The topological polar surface area (TPSA) is 15.3 Å². The number of nitrogens with one attached hydrogen (secondary N) is 1. The summed E-state index contributed by atoms with van der Waals surface area (Å²) in [6, 6.07) is 8.59. The van der Waals surface area contributed by atoms with Crippen molar-refractivity contribution in [3.63, 3.8) is 0 Å². The molecule has 0 aliphatic rings. The molecular formula is C18H31ClN2. The average Bonchev–Trinajstić information content (AvgIpc) is 2.39. The van der Waals surface area contributed by atoms with Crippen molar-refractivity contribution in [3.05, 3.63) is 34.9 Å². The molecule has 0 aliphatic heterocycles. The van der Waals surface area contributed by atoms with Crippen LogP contribution in [0.4, 0.5) is 0 Å². The number of benzene rings is 1. The zero-order chi connectivity index (χ0) is 15.8. The van der Waals surface area contributed by atoms with Gasteiger partial charge in [-0.15, -0.1) is 0 Å². The molecule has 0 saturated heterocycles. The SMILES string of the molecule is CNC(CCN(CC(C)C)CC(C)C)c1ccc(Cl)cc1. The molecule has 0 bridgehead atoms. The minimum absolute atomic E-state index is 0.393. The normalized spacial score (nSPS) is 13.4. The highest BCUT2D eigenvalue weighted by Crippen LogP contribution is 2.20. The van der Waals surface area contributed by atoms with Gasteiger partial charge in [-0.1, -0.05) is 51.4 Å². The molecule has 1 aromatic carbocycles. The summed E-state index contributed by atoms with van der Waals surface area (Å²) in [5.41, 5.74) is 1.32. The van der Waals surface area contributed by atoms with Gasteiger partial charge in [0.25, 0.3) is 0 Å². The molecule has 0 heterocycles. The second kappa shape index (κ2) is 9.45. The second-order valence-electron chi connectivity index (χ2n) is 6.73. The molecule has 0 radical (unpaired) electrons. The molecule has 1 N–H and O–H groups in total. The van der Waals surface area contributed by atoms with E-state index in [4.69, 9.17) is 11.6 Å². The summed E-state index contributed by atoms with van der Waals surface area (Å²) in [4.78, 5) is 2.59. The van der Waals surface area contributed by atoms with Gasteiger partial charge in [0.1, 0.15) is 0 Å². The van der Waals surface area contributed by atoms with Crippen molar-refractivity contribution in [3.8, 4) is 0 Å². The van der Waals surface area contributed by atoms with Gasteiger partial charge in [-0.05, 0) is 49.5 Å². The van der Waals surface area contributed by atoms with E-state index in [1.807, 2.05) is 19.2 Å². The van der Waals surface area contributed by atoms with Gasteiger partial charge in [-0.25, -0.2) is 0 Å². The first kappa shape index (κ1) is 18.5. The smallest absolute Gasteiger partial charge is 0.0406 e. The van der Waals surface area contributed by atoms with E-state index < -0.39 is 0 Å². The number of rotatable bonds is 9. The zero-order valence-corrected chi connectivity index (χ0v) is 15.0. The number of nitrogens with zero attached hydrogens (tertiary/aromatic N) is 1. The van der Waals surface area contributed by atoms with Crippen LogP contribution in [-0.2, 0) is 0 Å². The lowest BCUT2D eigenvalue weighted by Gasteiger charge is -2.28. The molecule has 0 saturated carbocycles. The van der Waals surface area contributed by atoms with Crippen LogP contribution in [0, 0.1) is 11.8 Å². The quantitative estimate of drug-likeness (QED) is 0.717. The van der Waals surface area contributed by atoms with E-state index in [0.29, 0.717) is 17.9 Å². The van der Waals surface area contributed by atoms with Gasteiger partial charge in [-0.3, -0.25) is 0 Å². The Kier molecular flexibility index (Phi) is 8.31. The lowest BCUT2D eigenvalue weighted by molar-refractivity contribution is 0.209. The fourth-order valence-electron chi connectivity index (χ4n) is 2.77. The highest BCUT2D eigenvalue weighted by molar-refractivity contribution is 6.30. The minimum atomic E-state index is 0.393. The van der Waals surface area contributed by atoms with E-state index in [-0.39, 0.29) is 0 Å². The summed E-state index contributed by atoms with van der Waals surface area (Å²) in [5.74, 6) is 1.43. The van der Waals surface area contributed by atoms with Crippen LogP contribution in [0.5, 0.6) is 0 Å². The van der Waals surface area contributed by atoms with E-state index in [2.05, 4.69) is 50.0 Å². The summed E-state index contributed by atoms with van der Waals surface area (Å²) in [6.45, 7) is 12.7. The van der Waals surface area contributed by atoms with Gasteiger partial charge in [-0.2, -0.15) is 0 Å². The first-order chi connectivity index (χ1) is 9.92. The third-order valence-electron chi connectivity index (χ3n) is 3.60. The summed E-state index contributed by atoms with van der Waals surface area (Å²) in [6.07, 6.45) is 1.12. The first-order valence-corrected chi connectivity index (χ1v) is 8.45. The molecule has 1 aromatic rings. The van der Waals surface area contributed by atoms with Crippen molar-refractivity contribution in [2.45, 2.75) is 40.2 Å². The summed E-state index contributed by atoms with van der Waals surface area (Å²) >= 11 is 5.97. The van der Waals surface area contributed by atoms with Gasteiger partial charge < -0.3 is 10.2 Å². The van der Waals surface area contributed by atoms with Crippen LogP contribution in [0.1, 0.15) is 45.7 Å². The molecule has 2 nitrogen and oxygen atoms in total. The van der Waals surface area contributed by atoms with Crippen LogP contribution in [-0.4, -0.2) is 31.6 Å². The van der Waals surface area contributed by atoms with Crippen molar-refractivity contribution in [2.24, 2.45) is 11.8 Å². The number of hydrogen-bond donors (Lipinski definition) is 1. The molecule has 120 valence electrons. The summed E-state index contributed by atoms with van der Waals surface area (Å²) in [5, 5.41) is 4.23. The lowest BCUT2D eigenvalue weighted by atomic mass is 10.0. The predicted molar refractivity (Wildman–Crippen MR) is 94.0 cm³/mol. The van der Waals surface area contributed by atoms with E-state index in [0.717, 1.165) is 18.0 Å². The largest absolute Gasteiger partial charge is 0.313 e. The average molecular weight is 311 g/mol. The monoisotopic (exact) mass is 310 g/mol. The van der Waals surface area contributed by atoms with Crippen molar-refractivity contribution < 1.29 is 0 Å². The minimum Gasteiger partial charge on any atom is -0.313 e. The molecule has 0 aromatic heterocycles. The molecule has 21 heavy (non-hydrogen) atoms. The highest BCUT2D eigenvalue weighted by atomic mass is 35.5. The molecule has 0 fully saturated rings. The van der Waals surface area contributed by atoms with Crippen molar-refractivity contribution in [1.82, 2.24) is 10.2 Å². The first-order valence-electron chi connectivity index (χ1n) is 8.07. The van der Waals surface area contributed by atoms with Gasteiger partial charge >= 0.3 is 0 Å². The van der Waals surface area contributed by atoms with Crippen molar-refractivity contribution >= 4 is 11.6 Å². The zero-order valence-electron chi connectivity index (χ0n) is 14.2. The van der Waals surface area contributed by atoms with Gasteiger partial charge in [0.15, 0.2) is 0 Å². The third kappa shape index (κ3) is 7.30. The fourth-order valence-corrected chi connectivity index (χ4v) is 2.90. The molecule has 1 rings (SSSR count). The Balaban J connectivity index is 2.60. The molecule has 1 unspecified atom stereocenters. The van der Waals surface area contributed by atoms with Crippen molar-refractivity contribution in [2.75, 3.05) is 26.7 Å². The van der Waals surface area contributed by atoms with Crippen LogP contribution < -0.4 is 5.32 Å². The third-order valence-corrected chi connectivity index (χ3v) is 3.85. The fraction of sp³-hybridized carbons (Fsp3) is 0.667. The molecule has 1 atom stereocenters. The Morgan fingerprint density at radius 3 is 1.95 bits per heavy atom. The number of hydrogen-bond acceptors (Lipinski definition) is 2. The lowest BCUT2D eigenvalue weighted by Crippen LogP contribution is -2.34. The molecule has 0 aliphatic carbocycles. The van der Waals surface area contributed by atoms with Crippen LogP contribution in [0.25, 0.3) is 0 Å². The summed E-state index contributed by atoms with van der Waals surface area (Å²) in [7, 11) is 2.04. The maximum Gasteiger partial charge on any atom is 0.0406 e. The maximum absolute atomic E-state index is 5.97. The van der Waals surface area contributed by atoms with Crippen LogP contribution >= 0.6 is 11.6 Å². The van der Waals surface area contributed by atoms with Gasteiger partial charge in [0.2, 0.25) is 0 Å². The molecule has 0 spiro atoms. The van der Waals surface area contributed by atoms with Crippen LogP contribution in [0.2, 0.25) is 5.02 Å². The van der Waals surface area contributed by atoms with E-state index >= 15 is 0 Å². The van der Waals surface area contributed by atoms with Crippen LogP contribution in [0.15, 0.2) is 24.3 Å². The Morgan fingerprint density at radius 1 is 1.00 bits per heavy atom. The number of halogens is 1. The van der Waals surface area contributed by atoms with E-state index in [9.17, 15) is 0 Å². The molecule has 0 amide bonds. The van der Waals surface area contributed by atoms with E-state index in [1.165, 1.54) is 18.7 Å². The Hall–Kier alpha value is -0.570. The Labute approximate surface area is 135 Å². The Morgan fingerprint density at radius 2 is 1.52 bits per heavy atom. The Bertz CT molecular complexity index is 377. The highest BCUT2D eigenvalue weighted by Gasteiger charge is 2.14. The molecule has 3 heteroatoms. The summed E-state index contributed by atoms with van der Waals surface area (Å²) < 4.78 is 0. The predicted octanol–water partition coefficient (Wildman–Crippen LogP) is 4.60. The van der Waals surface area contributed by atoms with Gasteiger partial charge in [0, 0.05) is 24.2 Å². The van der Waals surface area contributed by atoms with E-state index in [1.54, 1.807) is 0 Å². The van der Waals surface area contributed by atoms with Crippen molar-refractivity contribution in [1.29, 1.82) is 0 Å². The second-order valence-corrected chi connectivity index (χ2v) is 7.17. The maximum atomic E-state index is 5.97. The van der Waals surface area contributed by atoms with Crippen LogP contribution in [0.3, 0.4) is 0 Å². The van der Waals surface area contributed by atoms with Gasteiger partial charge in [0.05, 0.1) is 0 Å². The molecular weight excluding hydrogens is 280 g/mol. The standard InChI is InChI=1S/C18H31ClN2/c1-14(2)12-21(13-15(3)4)11-10-18(20-5)16-6-8-17(19)9-7-16/h6-9,14-15,18,20H,10-13H2,1-5H3.